The Kier molecular flexibility index (Phi) is 7.03. The molecule has 0 N–H and O–H groups in total. The molecule has 1 fully saturated rings. The lowest BCUT2D eigenvalue weighted by Gasteiger charge is -2.43. The smallest absolute Gasteiger partial charge is 0.303 e. The SMILES string of the molecule is COC1OC(COC(C)=O)C(OC(C)=O)C(OC)C1OC. The van der Waals surface area contributed by atoms with Crippen LogP contribution >= 0.6 is 0 Å². The first-order chi connectivity index (χ1) is 9.94. The highest BCUT2D eigenvalue weighted by molar-refractivity contribution is 5.66. The maximum atomic E-state index is 11.3. The Hall–Kier alpha value is -1.22. The average molecular weight is 306 g/mol. The molecule has 1 aliphatic heterocycles. The van der Waals surface area contributed by atoms with Gasteiger partial charge in [0.1, 0.15) is 24.9 Å². The van der Waals surface area contributed by atoms with Crippen LogP contribution in [0.15, 0.2) is 0 Å². The van der Waals surface area contributed by atoms with Gasteiger partial charge in [0.05, 0.1) is 0 Å². The Labute approximate surface area is 123 Å². The van der Waals surface area contributed by atoms with Crippen LogP contribution in [0.2, 0.25) is 0 Å². The van der Waals surface area contributed by atoms with Crippen LogP contribution in [-0.2, 0) is 38.0 Å². The van der Waals surface area contributed by atoms with Crippen molar-refractivity contribution in [1.29, 1.82) is 0 Å². The molecule has 5 atom stereocenters. The highest BCUT2D eigenvalue weighted by Crippen LogP contribution is 2.28. The highest BCUT2D eigenvalue weighted by atomic mass is 16.7. The summed E-state index contributed by atoms with van der Waals surface area (Å²) in [6.07, 6.45) is -3.41. The van der Waals surface area contributed by atoms with Gasteiger partial charge in [0, 0.05) is 35.2 Å². The van der Waals surface area contributed by atoms with Crippen molar-refractivity contribution in [2.24, 2.45) is 0 Å². The van der Waals surface area contributed by atoms with E-state index in [1.165, 1.54) is 35.2 Å². The topological polar surface area (TPSA) is 89.5 Å². The zero-order valence-electron chi connectivity index (χ0n) is 12.9. The van der Waals surface area contributed by atoms with Gasteiger partial charge >= 0.3 is 11.9 Å². The second kappa shape index (κ2) is 8.28. The van der Waals surface area contributed by atoms with Crippen LogP contribution in [0.1, 0.15) is 13.8 Å². The first kappa shape index (κ1) is 17.8. The van der Waals surface area contributed by atoms with E-state index < -0.39 is 42.6 Å². The van der Waals surface area contributed by atoms with E-state index in [0.717, 1.165) is 0 Å². The number of carbonyl (C=O) groups is 2. The fraction of sp³-hybridized carbons (Fsp3) is 0.846. The molecule has 122 valence electrons. The van der Waals surface area contributed by atoms with Gasteiger partial charge in [-0.05, 0) is 0 Å². The number of rotatable bonds is 6. The van der Waals surface area contributed by atoms with Crippen molar-refractivity contribution in [3.8, 4) is 0 Å². The van der Waals surface area contributed by atoms with E-state index in [-0.39, 0.29) is 6.61 Å². The van der Waals surface area contributed by atoms with Gasteiger partial charge in [-0.15, -0.1) is 0 Å². The molecule has 5 unspecified atom stereocenters. The van der Waals surface area contributed by atoms with E-state index >= 15 is 0 Å². The van der Waals surface area contributed by atoms with Crippen LogP contribution in [0, 0.1) is 0 Å². The number of hydrogen-bond donors (Lipinski definition) is 0. The van der Waals surface area contributed by atoms with Crippen molar-refractivity contribution in [1.82, 2.24) is 0 Å². The van der Waals surface area contributed by atoms with Crippen molar-refractivity contribution >= 4 is 11.9 Å². The average Bonchev–Trinajstić information content (AvgIpc) is 2.44. The normalized spacial score (nSPS) is 32.5. The molecule has 1 saturated heterocycles. The summed E-state index contributed by atoms with van der Waals surface area (Å²) in [5, 5.41) is 0. The van der Waals surface area contributed by atoms with Gasteiger partial charge in [0.25, 0.3) is 0 Å². The molecule has 0 spiro atoms. The standard InChI is InChI=1S/C13H22O8/c1-7(14)19-6-9-10(20-8(2)15)11(16-3)12(17-4)13(18-5)21-9/h9-13H,6H2,1-5H3. The summed E-state index contributed by atoms with van der Waals surface area (Å²) >= 11 is 0. The molecule has 8 heteroatoms. The van der Waals surface area contributed by atoms with E-state index in [1.807, 2.05) is 0 Å². The van der Waals surface area contributed by atoms with Crippen LogP contribution < -0.4 is 0 Å². The molecule has 0 bridgehead atoms. The monoisotopic (exact) mass is 306 g/mol. The van der Waals surface area contributed by atoms with Crippen LogP contribution in [-0.4, -0.2) is 70.6 Å². The first-order valence-electron chi connectivity index (χ1n) is 6.49. The highest BCUT2D eigenvalue weighted by Gasteiger charge is 2.49. The van der Waals surface area contributed by atoms with Crippen LogP contribution in [0.25, 0.3) is 0 Å². The summed E-state index contributed by atoms with van der Waals surface area (Å²) in [6, 6.07) is 0. The van der Waals surface area contributed by atoms with Gasteiger partial charge in [0.2, 0.25) is 0 Å². The summed E-state index contributed by atoms with van der Waals surface area (Å²) in [4.78, 5) is 22.3. The Morgan fingerprint density at radius 2 is 1.52 bits per heavy atom. The minimum Gasteiger partial charge on any atom is -0.463 e. The summed E-state index contributed by atoms with van der Waals surface area (Å²) in [6.45, 7) is 2.48. The Morgan fingerprint density at radius 3 is 1.95 bits per heavy atom. The second-order valence-electron chi connectivity index (χ2n) is 4.56. The molecule has 0 radical (unpaired) electrons. The van der Waals surface area contributed by atoms with E-state index in [0.29, 0.717) is 0 Å². The van der Waals surface area contributed by atoms with E-state index in [9.17, 15) is 9.59 Å². The minimum atomic E-state index is -0.775. The minimum absolute atomic E-state index is 0.0799. The predicted molar refractivity (Wildman–Crippen MR) is 69.5 cm³/mol. The van der Waals surface area contributed by atoms with Crippen molar-refractivity contribution in [2.45, 2.75) is 44.6 Å². The maximum absolute atomic E-state index is 11.3. The zero-order chi connectivity index (χ0) is 16.0. The Balaban J connectivity index is 2.95. The second-order valence-corrected chi connectivity index (χ2v) is 4.56. The molecule has 1 heterocycles. The molecule has 0 aromatic heterocycles. The Bertz CT molecular complexity index is 358. The summed E-state index contributed by atoms with van der Waals surface area (Å²) in [5.41, 5.74) is 0. The van der Waals surface area contributed by atoms with Gasteiger partial charge in [-0.1, -0.05) is 0 Å². The fourth-order valence-corrected chi connectivity index (χ4v) is 2.25. The molecule has 1 rings (SSSR count). The lowest BCUT2D eigenvalue weighted by atomic mass is 9.98. The predicted octanol–water partition coefficient (Wildman–Crippen LogP) is -0.117. The number of ether oxygens (including phenoxy) is 6. The molecule has 21 heavy (non-hydrogen) atoms. The third-order valence-corrected chi connectivity index (χ3v) is 3.12. The third-order valence-electron chi connectivity index (χ3n) is 3.12. The van der Waals surface area contributed by atoms with E-state index in [4.69, 9.17) is 28.4 Å². The summed E-state index contributed by atoms with van der Waals surface area (Å²) < 4.78 is 31.7. The van der Waals surface area contributed by atoms with Crippen molar-refractivity contribution < 1.29 is 38.0 Å². The molecule has 0 aromatic rings. The van der Waals surface area contributed by atoms with Crippen LogP contribution in [0.4, 0.5) is 0 Å². The van der Waals surface area contributed by atoms with Gasteiger partial charge in [-0.2, -0.15) is 0 Å². The largest absolute Gasteiger partial charge is 0.463 e. The molecular formula is C13H22O8. The quantitative estimate of drug-likeness (QED) is 0.628. The van der Waals surface area contributed by atoms with Crippen molar-refractivity contribution in [2.75, 3.05) is 27.9 Å². The lowest BCUT2D eigenvalue weighted by Crippen LogP contribution is -2.61. The van der Waals surface area contributed by atoms with Crippen molar-refractivity contribution in [3.05, 3.63) is 0 Å². The number of carbonyl (C=O) groups excluding carboxylic acids is 2. The van der Waals surface area contributed by atoms with E-state index in [2.05, 4.69) is 0 Å². The molecule has 8 nitrogen and oxygen atoms in total. The summed E-state index contributed by atoms with van der Waals surface area (Å²) in [7, 11) is 4.40. The molecule has 0 amide bonds. The first-order valence-corrected chi connectivity index (χ1v) is 6.49. The van der Waals surface area contributed by atoms with Gasteiger partial charge in [-0.3, -0.25) is 9.59 Å². The van der Waals surface area contributed by atoms with Gasteiger partial charge < -0.3 is 28.4 Å². The molecule has 0 aliphatic carbocycles. The maximum Gasteiger partial charge on any atom is 0.303 e. The Morgan fingerprint density at radius 1 is 0.905 bits per heavy atom. The number of hydrogen-bond acceptors (Lipinski definition) is 8. The number of esters is 2. The molecular weight excluding hydrogens is 284 g/mol. The van der Waals surface area contributed by atoms with Crippen LogP contribution in [0.3, 0.4) is 0 Å². The molecule has 1 aliphatic rings. The van der Waals surface area contributed by atoms with Gasteiger partial charge in [0.15, 0.2) is 12.4 Å². The summed E-state index contributed by atoms with van der Waals surface area (Å²) in [5.74, 6) is -0.957. The van der Waals surface area contributed by atoms with Gasteiger partial charge in [-0.25, -0.2) is 0 Å². The fourth-order valence-electron chi connectivity index (χ4n) is 2.25. The molecule has 0 saturated carbocycles. The number of methoxy groups -OCH3 is 3. The van der Waals surface area contributed by atoms with E-state index in [1.54, 1.807) is 0 Å². The van der Waals surface area contributed by atoms with Crippen molar-refractivity contribution in [3.63, 3.8) is 0 Å². The zero-order valence-corrected chi connectivity index (χ0v) is 12.9. The lowest BCUT2D eigenvalue weighted by molar-refractivity contribution is -0.305. The van der Waals surface area contributed by atoms with Crippen LogP contribution in [0.5, 0.6) is 0 Å². The molecule has 0 aromatic carbocycles. The third kappa shape index (κ3) is 4.63.